The van der Waals surface area contributed by atoms with Crippen LogP contribution in [0.2, 0.25) is 0 Å². The zero-order valence-corrected chi connectivity index (χ0v) is 12.5. The Hall–Kier alpha value is -3.16. The Kier molecular flexibility index (Phi) is 4.75. The normalized spacial score (nSPS) is 10.2. The summed E-state index contributed by atoms with van der Waals surface area (Å²) in [5, 5.41) is 22.0. The first-order chi connectivity index (χ1) is 10.9. The van der Waals surface area contributed by atoms with Gasteiger partial charge in [-0.25, -0.2) is 0 Å². The van der Waals surface area contributed by atoms with E-state index in [4.69, 9.17) is 9.47 Å². The third-order valence-electron chi connectivity index (χ3n) is 3.36. The minimum atomic E-state index is -0.571. The Morgan fingerprint density at radius 3 is 2.35 bits per heavy atom. The summed E-state index contributed by atoms with van der Waals surface area (Å²) in [5.41, 5.74) is 0.806. The van der Waals surface area contributed by atoms with E-state index >= 15 is 0 Å². The molecule has 8 heteroatoms. The molecule has 2 rings (SSSR count). The van der Waals surface area contributed by atoms with Gasteiger partial charge in [-0.1, -0.05) is 12.1 Å². The predicted molar refractivity (Wildman–Crippen MR) is 81.8 cm³/mol. The van der Waals surface area contributed by atoms with Crippen molar-refractivity contribution in [1.82, 2.24) is 0 Å². The zero-order valence-electron chi connectivity index (χ0n) is 12.5. The number of nitro groups is 2. The molecule has 0 saturated carbocycles. The van der Waals surface area contributed by atoms with Gasteiger partial charge in [0, 0.05) is 11.6 Å². The highest BCUT2D eigenvalue weighted by Gasteiger charge is 2.18. The average Bonchev–Trinajstić information content (AvgIpc) is 2.53. The van der Waals surface area contributed by atoms with Crippen molar-refractivity contribution in [3.63, 3.8) is 0 Å². The second-order valence-electron chi connectivity index (χ2n) is 4.70. The number of hydrogen-bond donors (Lipinski definition) is 0. The lowest BCUT2D eigenvalue weighted by atomic mass is 10.1. The minimum Gasteiger partial charge on any atom is -0.496 e. The number of nitro benzene ring substituents is 2. The molecule has 0 amide bonds. The first-order valence-electron chi connectivity index (χ1n) is 6.62. The Bertz CT molecular complexity index is 760. The van der Waals surface area contributed by atoms with E-state index in [9.17, 15) is 20.2 Å². The highest BCUT2D eigenvalue weighted by Crippen LogP contribution is 2.32. The molecule has 0 saturated heterocycles. The number of methoxy groups -OCH3 is 1. The van der Waals surface area contributed by atoms with Gasteiger partial charge in [-0.3, -0.25) is 20.2 Å². The second kappa shape index (κ2) is 6.73. The van der Waals surface area contributed by atoms with Crippen molar-refractivity contribution in [1.29, 1.82) is 0 Å². The fraction of sp³-hybridized carbons (Fsp3) is 0.200. The molecular weight excluding hydrogens is 304 g/mol. The van der Waals surface area contributed by atoms with Gasteiger partial charge in [-0.15, -0.1) is 0 Å². The minimum absolute atomic E-state index is 0.0132. The quantitative estimate of drug-likeness (QED) is 0.597. The summed E-state index contributed by atoms with van der Waals surface area (Å²) in [5.74, 6) is 0.414. The number of rotatable bonds is 6. The topological polar surface area (TPSA) is 105 Å². The second-order valence-corrected chi connectivity index (χ2v) is 4.70. The lowest BCUT2D eigenvalue weighted by Gasteiger charge is -2.10. The number of nitrogens with zero attached hydrogens (tertiary/aromatic N) is 2. The molecule has 0 heterocycles. The Balaban J connectivity index is 2.26. The molecule has 0 aromatic heterocycles. The molecule has 2 aromatic carbocycles. The molecule has 0 aliphatic heterocycles. The highest BCUT2D eigenvalue weighted by molar-refractivity contribution is 5.51. The fourth-order valence-corrected chi connectivity index (χ4v) is 2.07. The summed E-state index contributed by atoms with van der Waals surface area (Å²) in [4.78, 5) is 21.0. The predicted octanol–water partition coefficient (Wildman–Crippen LogP) is 3.40. The van der Waals surface area contributed by atoms with Gasteiger partial charge in [0.15, 0.2) is 5.75 Å². The van der Waals surface area contributed by atoms with E-state index in [0.29, 0.717) is 16.9 Å². The number of benzene rings is 2. The summed E-state index contributed by atoms with van der Waals surface area (Å²) >= 11 is 0. The van der Waals surface area contributed by atoms with Crippen molar-refractivity contribution in [2.24, 2.45) is 0 Å². The standard InChI is InChI=1S/C15H14N2O6/c1-10-11(4-3-5-13(10)16(18)19)9-23-15-7-6-12(22-2)8-14(15)17(20)21/h3-8H,9H2,1-2H3. The molecular formula is C15H14N2O6. The van der Waals surface area contributed by atoms with Gasteiger partial charge in [0.25, 0.3) is 5.69 Å². The SMILES string of the molecule is COc1ccc(OCc2cccc([N+](=O)[O-])c2C)c([N+](=O)[O-])c1. The van der Waals surface area contributed by atoms with E-state index in [1.807, 2.05) is 0 Å². The number of ether oxygens (including phenoxy) is 2. The van der Waals surface area contributed by atoms with Crippen LogP contribution in [-0.4, -0.2) is 17.0 Å². The van der Waals surface area contributed by atoms with E-state index in [2.05, 4.69) is 0 Å². The molecule has 0 atom stereocenters. The maximum Gasteiger partial charge on any atom is 0.314 e. The lowest BCUT2D eigenvalue weighted by molar-refractivity contribution is -0.386. The van der Waals surface area contributed by atoms with Gasteiger partial charge >= 0.3 is 5.69 Å². The summed E-state index contributed by atoms with van der Waals surface area (Å²) in [7, 11) is 1.41. The molecule has 0 fully saturated rings. The molecule has 8 nitrogen and oxygen atoms in total. The molecule has 0 spiro atoms. The maximum atomic E-state index is 11.1. The van der Waals surface area contributed by atoms with Gasteiger partial charge < -0.3 is 9.47 Å². The van der Waals surface area contributed by atoms with Crippen molar-refractivity contribution in [3.05, 3.63) is 67.8 Å². The molecule has 0 aliphatic rings. The van der Waals surface area contributed by atoms with Gasteiger partial charge in [-0.05, 0) is 24.6 Å². The van der Waals surface area contributed by atoms with Gasteiger partial charge in [-0.2, -0.15) is 0 Å². The highest BCUT2D eigenvalue weighted by atomic mass is 16.6. The van der Waals surface area contributed by atoms with Crippen molar-refractivity contribution in [2.75, 3.05) is 7.11 Å². The molecule has 0 N–H and O–H groups in total. The largest absolute Gasteiger partial charge is 0.496 e. The molecule has 0 radical (unpaired) electrons. The monoisotopic (exact) mass is 318 g/mol. The van der Waals surface area contributed by atoms with Crippen LogP contribution in [0.4, 0.5) is 11.4 Å². The Labute approximate surface area is 131 Å². The summed E-state index contributed by atoms with van der Waals surface area (Å²) in [6.07, 6.45) is 0. The van der Waals surface area contributed by atoms with Crippen LogP contribution in [0, 0.1) is 27.2 Å². The molecule has 23 heavy (non-hydrogen) atoms. The van der Waals surface area contributed by atoms with Gasteiger partial charge in [0.2, 0.25) is 0 Å². The summed E-state index contributed by atoms with van der Waals surface area (Å²) in [6.45, 7) is 1.60. The Morgan fingerprint density at radius 2 is 1.74 bits per heavy atom. The number of hydrogen-bond acceptors (Lipinski definition) is 6. The van der Waals surface area contributed by atoms with Crippen LogP contribution in [0.5, 0.6) is 11.5 Å². The lowest BCUT2D eigenvalue weighted by Crippen LogP contribution is -2.03. The van der Waals surface area contributed by atoms with Crippen LogP contribution in [0.15, 0.2) is 36.4 Å². The first kappa shape index (κ1) is 16.2. The van der Waals surface area contributed by atoms with Crippen LogP contribution in [-0.2, 0) is 6.61 Å². The first-order valence-corrected chi connectivity index (χ1v) is 6.62. The molecule has 2 aromatic rings. The van der Waals surface area contributed by atoms with Gasteiger partial charge in [0.1, 0.15) is 12.4 Å². The van der Waals surface area contributed by atoms with E-state index in [-0.39, 0.29) is 23.7 Å². The van der Waals surface area contributed by atoms with Gasteiger partial charge in [0.05, 0.1) is 23.0 Å². The van der Waals surface area contributed by atoms with Crippen LogP contribution in [0.1, 0.15) is 11.1 Å². The van der Waals surface area contributed by atoms with Crippen molar-refractivity contribution < 1.29 is 19.3 Å². The molecule has 120 valence electrons. The van der Waals surface area contributed by atoms with E-state index in [1.165, 1.54) is 25.3 Å². The molecule has 0 aliphatic carbocycles. The summed E-state index contributed by atoms with van der Waals surface area (Å²) < 4.78 is 10.4. The third-order valence-corrected chi connectivity index (χ3v) is 3.36. The van der Waals surface area contributed by atoms with E-state index in [1.54, 1.807) is 25.1 Å². The maximum absolute atomic E-state index is 11.1. The molecule has 0 bridgehead atoms. The van der Waals surface area contributed by atoms with Crippen LogP contribution in [0.25, 0.3) is 0 Å². The Morgan fingerprint density at radius 1 is 1.04 bits per heavy atom. The van der Waals surface area contributed by atoms with Crippen molar-refractivity contribution in [2.45, 2.75) is 13.5 Å². The summed E-state index contributed by atoms with van der Waals surface area (Å²) in [6, 6.07) is 8.86. The van der Waals surface area contributed by atoms with E-state index < -0.39 is 9.85 Å². The van der Waals surface area contributed by atoms with Crippen LogP contribution < -0.4 is 9.47 Å². The van der Waals surface area contributed by atoms with E-state index in [0.717, 1.165) is 0 Å². The smallest absolute Gasteiger partial charge is 0.314 e. The fourth-order valence-electron chi connectivity index (χ4n) is 2.07. The third kappa shape index (κ3) is 3.54. The van der Waals surface area contributed by atoms with Crippen LogP contribution >= 0.6 is 0 Å². The average molecular weight is 318 g/mol. The molecule has 0 unspecified atom stereocenters. The van der Waals surface area contributed by atoms with Crippen LogP contribution in [0.3, 0.4) is 0 Å². The zero-order chi connectivity index (χ0) is 17.0. The van der Waals surface area contributed by atoms with Crippen molar-refractivity contribution in [3.8, 4) is 11.5 Å². The van der Waals surface area contributed by atoms with Crippen molar-refractivity contribution >= 4 is 11.4 Å².